The van der Waals surface area contributed by atoms with Gasteiger partial charge in [-0.25, -0.2) is 0 Å². The van der Waals surface area contributed by atoms with Crippen LogP contribution in [0.5, 0.6) is 0 Å². The zero-order valence-corrected chi connectivity index (χ0v) is 10.2. The quantitative estimate of drug-likeness (QED) is 0.866. The molecule has 0 fully saturated rings. The van der Waals surface area contributed by atoms with Crippen LogP contribution in [-0.4, -0.2) is 18.3 Å². The Morgan fingerprint density at radius 1 is 1.50 bits per heavy atom. The van der Waals surface area contributed by atoms with Crippen LogP contribution < -0.4 is 0 Å². The lowest BCUT2D eigenvalue weighted by Gasteiger charge is -1.99. The summed E-state index contributed by atoms with van der Waals surface area (Å²) >= 11 is 8.41. The standard InChI is InChI=1S/C7H8Br2O2S/c8-6-3-5(7(9)12-6)4-11-2-1-10/h3,10H,1-2,4H2. The molecular weight excluding hydrogens is 308 g/mol. The van der Waals surface area contributed by atoms with Crippen LogP contribution in [0.15, 0.2) is 13.6 Å². The first kappa shape index (κ1) is 10.7. The van der Waals surface area contributed by atoms with Crippen LogP contribution in [-0.2, 0) is 11.3 Å². The summed E-state index contributed by atoms with van der Waals surface area (Å²) in [4.78, 5) is 0. The van der Waals surface area contributed by atoms with Gasteiger partial charge in [0.1, 0.15) is 0 Å². The van der Waals surface area contributed by atoms with Crippen LogP contribution >= 0.6 is 43.2 Å². The second-order valence-corrected chi connectivity index (χ2v) is 5.87. The van der Waals surface area contributed by atoms with Crippen molar-refractivity contribution in [1.82, 2.24) is 0 Å². The average Bonchev–Trinajstić information content (AvgIpc) is 2.31. The SMILES string of the molecule is OCCOCc1cc(Br)sc1Br. The molecule has 0 aromatic carbocycles. The van der Waals surface area contributed by atoms with Gasteiger partial charge in [0.05, 0.1) is 27.4 Å². The highest BCUT2D eigenvalue weighted by molar-refractivity contribution is 9.12. The molecule has 1 aromatic heterocycles. The summed E-state index contributed by atoms with van der Waals surface area (Å²) in [5.74, 6) is 0. The van der Waals surface area contributed by atoms with Crippen molar-refractivity contribution < 1.29 is 9.84 Å². The van der Waals surface area contributed by atoms with Crippen molar-refractivity contribution in [1.29, 1.82) is 0 Å². The van der Waals surface area contributed by atoms with Crippen molar-refractivity contribution in [3.63, 3.8) is 0 Å². The van der Waals surface area contributed by atoms with E-state index in [1.54, 1.807) is 11.3 Å². The van der Waals surface area contributed by atoms with E-state index < -0.39 is 0 Å². The molecule has 0 amide bonds. The Bertz CT molecular complexity index is 250. The maximum Gasteiger partial charge on any atom is 0.0765 e. The van der Waals surface area contributed by atoms with Crippen LogP contribution in [0, 0.1) is 0 Å². The summed E-state index contributed by atoms with van der Waals surface area (Å²) in [6.07, 6.45) is 0. The Kier molecular flexibility index (Phi) is 4.74. The fourth-order valence-electron chi connectivity index (χ4n) is 0.719. The lowest BCUT2D eigenvalue weighted by atomic mass is 10.4. The van der Waals surface area contributed by atoms with Crippen molar-refractivity contribution >= 4 is 43.2 Å². The number of aliphatic hydroxyl groups excluding tert-OH is 1. The average molecular weight is 316 g/mol. The molecule has 0 saturated carbocycles. The van der Waals surface area contributed by atoms with Gasteiger partial charge < -0.3 is 9.84 Å². The molecule has 1 rings (SSSR count). The molecular formula is C7H8Br2O2S. The lowest BCUT2D eigenvalue weighted by Crippen LogP contribution is -1.98. The van der Waals surface area contributed by atoms with E-state index in [1.807, 2.05) is 6.07 Å². The van der Waals surface area contributed by atoms with Crippen LogP contribution in [0.4, 0.5) is 0 Å². The second kappa shape index (κ2) is 5.34. The van der Waals surface area contributed by atoms with E-state index in [0.717, 1.165) is 13.1 Å². The van der Waals surface area contributed by atoms with Crippen molar-refractivity contribution in [2.24, 2.45) is 0 Å². The number of hydrogen-bond acceptors (Lipinski definition) is 3. The van der Waals surface area contributed by atoms with Gasteiger partial charge in [0, 0.05) is 5.56 Å². The molecule has 0 atom stereocenters. The smallest absolute Gasteiger partial charge is 0.0765 e. The van der Waals surface area contributed by atoms with Gasteiger partial charge in [-0.05, 0) is 37.9 Å². The topological polar surface area (TPSA) is 29.5 Å². The van der Waals surface area contributed by atoms with Gasteiger partial charge in [-0.3, -0.25) is 0 Å². The zero-order chi connectivity index (χ0) is 8.97. The minimum absolute atomic E-state index is 0.0723. The molecule has 5 heteroatoms. The number of thiophene rings is 1. The van der Waals surface area contributed by atoms with E-state index in [-0.39, 0.29) is 6.61 Å². The first-order valence-electron chi connectivity index (χ1n) is 3.36. The van der Waals surface area contributed by atoms with Gasteiger partial charge >= 0.3 is 0 Å². The van der Waals surface area contributed by atoms with E-state index >= 15 is 0 Å². The number of aliphatic hydroxyl groups is 1. The Labute approximate surface area is 91.8 Å². The normalized spacial score (nSPS) is 10.6. The first-order valence-corrected chi connectivity index (χ1v) is 5.76. The minimum atomic E-state index is 0.0723. The lowest BCUT2D eigenvalue weighted by molar-refractivity contribution is 0.0814. The molecule has 1 aromatic rings. The molecule has 0 unspecified atom stereocenters. The third-order valence-corrected chi connectivity index (χ3v) is 3.68. The van der Waals surface area contributed by atoms with Gasteiger partial charge in [-0.15, -0.1) is 11.3 Å². The molecule has 0 radical (unpaired) electrons. The maximum atomic E-state index is 8.48. The molecule has 2 nitrogen and oxygen atoms in total. The van der Waals surface area contributed by atoms with E-state index in [9.17, 15) is 0 Å². The molecule has 1 heterocycles. The van der Waals surface area contributed by atoms with Gasteiger partial charge in [0.15, 0.2) is 0 Å². The monoisotopic (exact) mass is 314 g/mol. The Balaban J connectivity index is 2.45. The Hall–Kier alpha value is 0.580. The van der Waals surface area contributed by atoms with Crippen LogP contribution in [0.1, 0.15) is 5.56 Å². The summed E-state index contributed by atoms with van der Waals surface area (Å²) in [7, 11) is 0. The number of rotatable bonds is 4. The summed E-state index contributed by atoms with van der Waals surface area (Å²) in [6, 6.07) is 2.01. The maximum absolute atomic E-state index is 8.48. The van der Waals surface area contributed by atoms with Crippen LogP contribution in [0.25, 0.3) is 0 Å². The van der Waals surface area contributed by atoms with E-state index in [1.165, 1.54) is 0 Å². The predicted molar refractivity (Wildman–Crippen MR) is 56.5 cm³/mol. The Morgan fingerprint density at radius 3 is 2.75 bits per heavy atom. The van der Waals surface area contributed by atoms with Crippen molar-refractivity contribution in [2.75, 3.05) is 13.2 Å². The third kappa shape index (κ3) is 3.14. The van der Waals surface area contributed by atoms with E-state index in [0.29, 0.717) is 13.2 Å². The van der Waals surface area contributed by atoms with Crippen molar-refractivity contribution in [3.8, 4) is 0 Å². The van der Waals surface area contributed by atoms with Gasteiger partial charge in [-0.2, -0.15) is 0 Å². The highest BCUT2D eigenvalue weighted by Gasteiger charge is 2.04. The molecule has 0 aliphatic rings. The molecule has 12 heavy (non-hydrogen) atoms. The summed E-state index contributed by atoms with van der Waals surface area (Å²) in [5, 5.41) is 8.48. The molecule has 0 saturated heterocycles. The summed E-state index contributed by atoms with van der Waals surface area (Å²) in [5.41, 5.74) is 1.11. The summed E-state index contributed by atoms with van der Waals surface area (Å²) in [6.45, 7) is 1.01. The van der Waals surface area contributed by atoms with Crippen molar-refractivity contribution in [3.05, 3.63) is 19.2 Å². The molecule has 0 aliphatic carbocycles. The number of hydrogen-bond donors (Lipinski definition) is 1. The van der Waals surface area contributed by atoms with Gasteiger partial charge in [0.25, 0.3) is 0 Å². The van der Waals surface area contributed by atoms with Crippen LogP contribution in [0.2, 0.25) is 0 Å². The molecule has 0 spiro atoms. The number of ether oxygens (including phenoxy) is 1. The fourth-order valence-corrected chi connectivity index (χ4v) is 3.51. The summed E-state index contributed by atoms with van der Waals surface area (Å²) < 4.78 is 7.33. The van der Waals surface area contributed by atoms with E-state index in [2.05, 4.69) is 31.9 Å². The van der Waals surface area contributed by atoms with Crippen LogP contribution in [0.3, 0.4) is 0 Å². The highest BCUT2D eigenvalue weighted by Crippen LogP contribution is 2.32. The molecule has 0 aliphatic heterocycles. The number of halogens is 2. The molecule has 0 bridgehead atoms. The second-order valence-electron chi connectivity index (χ2n) is 2.13. The third-order valence-electron chi connectivity index (χ3n) is 1.22. The fraction of sp³-hybridized carbons (Fsp3) is 0.429. The first-order chi connectivity index (χ1) is 5.74. The van der Waals surface area contributed by atoms with E-state index in [4.69, 9.17) is 9.84 Å². The zero-order valence-electron chi connectivity index (χ0n) is 6.22. The van der Waals surface area contributed by atoms with Gasteiger partial charge in [0.2, 0.25) is 0 Å². The van der Waals surface area contributed by atoms with Gasteiger partial charge in [-0.1, -0.05) is 0 Å². The predicted octanol–water partition coefficient (Wildman–Crippen LogP) is 2.78. The Morgan fingerprint density at radius 2 is 2.25 bits per heavy atom. The minimum Gasteiger partial charge on any atom is -0.394 e. The molecule has 68 valence electrons. The largest absolute Gasteiger partial charge is 0.394 e. The molecule has 1 N–H and O–H groups in total. The van der Waals surface area contributed by atoms with Crippen molar-refractivity contribution in [2.45, 2.75) is 6.61 Å². The highest BCUT2D eigenvalue weighted by atomic mass is 79.9.